The molecule has 2 heteroatoms. The molecule has 2 rings (SSSR count). The standard InChI is InChI=1S/C15H23NO/c1-3-13-5-7-14(8-6-13)17-15-9-11-16(4-2)12-10-15/h5-8,15H,3-4,9-12H2,1-2H3. The van der Waals surface area contributed by atoms with Crippen LogP contribution in [0.15, 0.2) is 24.3 Å². The van der Waals surface area contributed by atoms with E-state index >= 15 is 0 Å². The van der Waals surface area contributed by atoms with Crippen molar-refractivity contribution in [1.29, 1.82) is 0 Å². The number of hydrogen-bond acceptors (Lipinski definition) is 2. The van der Waals surface area contributed by atoms with E-state index in [-0.39, 0.29) is 0 Å². The Morgan fingerprint density at radius 1 is 1.12 bits per heavy atom. The van der Waals surface area contributed by atoms with Crippen molar-refractivity contribution in [3.8, 4) is 5.75 Å². The highest BCUT2D eigenvalue weighted by atomic mass is 16.5. The molecule has 17 heavy (non-hydrogen) atoms. The van der Waals surface area contributed by atoms with Crippen molar-refractivity contribution in [1.82, 2.24) is 4.90 Å². The topological polar surface area (TPSA) is 12.5 Å². The zero-order valence-electron chi connectivity index (χ0n) is 11.0. The highest BCUT2D eigenvalue weighted by molar-refractivity contribution is 5.27. The summed E-state index contributed by atoms with van der Waals surface area (Å²) in [6, 6.07) is 8.53. The molecule has 0 bridgehead atoms. The Balaban J connectivity index is 1.84. The zero-order chi connectivity index (χ0) is 12.1. The number of aryl methyl sites for hydroxylation is 1. The number of ether oxygens (including phenoxy) is 1. The molecule has 1 fully saturated rings. The fraction of sp³-hybridized carbons (Fsp3) is 0.600. The molecule has 1 aromatic carbocycles. The minimum absolute atomic E-state index is 0.408. The molecule has 94 valence electrons. The maximum atomic E-state index is 6.02. The van der Waals surface area contributed by atoms with Crippen molar-refractivity contribution < 1.29 is 4.74 Å². The van der Waals surface area contributed by atoms with Gasteiger partial charge < -0.3 is 9.64 Å². The van der Waals surface area contributed by atoms with Gasteiger partial charge in [-0.25, -0.2) is 0 Å². The maximum Gasteiger partial charge on any atom is 0.119 e. The molecule has 0 N–H and O–H groups in total. The van der Waals surface area contributed by atoms with Gasteiger partial charge in [0, 0.05) is 13.1 Å². The predicted octanol–water partition coefficient (Wildman–Crippen LogP) is 3.11. The average Bonchev–Trinajstić information content (AvgIpc) is 2.40. The fourth-order valence-corrected chi connectivity index (χ4v) is 2.34. The van der Waals surface area contributed by atoms with Gasteiger partial charge in [-0.1, -0.05) is 26.0 Å². The van der Waals surface area contributed by atoms with Crippen LogP contribution in [0.2, 0.25) is 0 Å². The number of benzene rings is 1. The first-order valence-corrected chi connectivity index (χ1v) is 6.79. The Morgan fingerprint density at radius 3 is 2.29 bits per heavy atom. The second-order valence-electron chi connectivity index (χ2n) is 4.75. The summed E-state index contributed by atoms with van der Waals surface area (Å²) in [6.07, 6.45) is 3.81. The summed E-state index contributed by atoms with van der Waals surface area (Å²) in [6.45, 7) is 7.92. The van der Waals surface area contributed by atoms with Gasteiger partial charge in [-0.3, -0.25) is 0 Å². The molecule has 0 aliphatic carbocycles. The number of likely N-dealkylation sites (tertiary alicyclic amines) is 1. The minimum atomic E-state index is 0.408. The van der Waals surface area contributed by atoms with Crippen molar-refractivity contribution in [3.63, 3.8) is 0 Å². The van der Waals surface area contributed by atoms with Gasteiger partial charge in [-0.2, -0.15) is 0 Å². The third-order valence-electron chi connectivity index (χ3n) is 3.62. The SMILES string of the molecule is CCc1ccc(OC2CCN(CC)CC2)cc1. The van der Waals surface area contributed by atoms with Crippen LogP contribution in [0.5, 0.6) is 5.75 Å². The quantitative estimate of drug-likeness (QED) is 0.792. The summed E-state index contributed by atoms with van der Waals surface area (Å²) >= 11 is 0. The first kappa shape index (κ1) is 12.4. The van der Waals surface area contributed by atoms with Crippen LogP contribution in [0.3, 0.4) is 0 Å². The Hall–Kier alpha value is -1.02. The van der Waals surface area contributed by atoms with Gasteiger partial charge in [0.2, 0.25) is 0 Å². The van der Waals surface area contributed by atoms with Gasteiger partial charge in [0.25, 0.3) is 0 Å². The van der Waals surface area contributed by atoms with E-state index in [9.17, 15) is 0 Å². The number of piperidine rings is 1. The third-order valence-corrected chi connectivity index (χ3v) is 3.62. The first-order valence-electron chi connectivity index (χ1n) is 6.79. The second-order valence-corrected chi connectivity index (χ2v) is 4.75. The molecular weight excluding hydrogens is 210 g/mol. The molecule has 1 aliphatic heterocycles. The van der Waals surface area contributed by atoms with E-state index in [0.717, 1.165) is 31.6 Å². The van der Waals surface area contributed by atoms with E-state index in [1.54, 1.807) is 0 Å². The van der Waals surface area contributed by atoms with Crippen LogP contribution < -0.4 is 4.74 Å². The number of hydrogen-bond donors (Lipinski definition) is 0. The Morgan fingerprint density at radius 2 is 1.76 bits per heavy atom. The summed E-state index contributed by atoms with van der Waals surface area (Å²) in [5.41, 5.74) is 1.37. The molecule has 1 aromatic rings. The van der Waals surface area contributed by atoms with E-state index in [0.29, 0.717) is 6.10 Å². The van der Waals surface area contributed by atoms with Crippen LogP contribution in [-0.2, 0) is 6.42 Å². The van der Waals surface area contributed by atoms with Gasteiger partial charge in [0.1, 0.15) is 11.9 Å². The Kier molecular flexibility index (Phi) is 4.43. The molecule has 0 spiro atoms. The van der Waals surface area contributed by atoms with Crippen molar-refractivity contribution in [2.24, 2.45) is 0 Å². The summed E-state index contributed by atoms with van der Waals surface area (Å²) < 4.78 is 6.02. The molecule has 0 atom stereocenters. The van der Waals surface area contributed by atoms with Crippen LogP contribution in [-0.4, -0.2) is 30.6 Å². The van der Waals surface area contributed by atoms with Crippen LogP contribution in [0, 0.1) is 0 Å². The molecular formula is C15H23NO. The molecule has 1 saturated heterocycles. The minimum Gasteiger partial charge on any atom is -0.490 e. The van der Waals surface area contributed by atoms with Crippen LogP contribution in [0.4, 0.5) is 0 Å². The van der Waals surface area contributed by atoms with Crippen LogP contribution >= 0.6 is 0 Å². The lowest BCUT2D eigenvalue weighted by atomic mass is 10.1. The van der Waals surface area contributed by atoms with Crippen molar-refractivity contribution in [2.75, 3.05) is 19.6 Å². The lowest BCUT2D eigenvalue weighted by Gasteiger charge is -2.31. The van der Waals surface area contributed by atoms with Gasteiger partial charge in [-0.15, -0.1) is 0 Å². The Labute approximate surface area is 105 Å². The lowest BCUT2D eigenvalue weighted by molar-refractivity contribution is 0.104. The van der Waals surface area contributed by atoms with E-state index < -0.39 is 0 Å². The smallest absolute Gasteiger partial charge is 0.119 e. The van der Waals surface area contributed by atoms with Crippen molar-refractivity contribution in [3.05, 3.63) is 29.8 Å². The molecule has 0 amide bonds. The fourth-order valence-electron chi connectivity index (χ4n) is 2.34. The summed E-state index contributed by atoms with van der Waals surface area (Å²) in [5.74, 6) is 1.03. The summed E-state index contributed by atoms with van der Waals surface area (Å²) in [4.78, 5) is 2.49. The molecule has 0 aromatic heterocycles. The summed E-state index contributed by atoms with van der Waals surface area (Å²) in [7, 11) is 0. The normalized spacial score (nSPS) is 18.2. The lowest BCUT2D eigenvalue weighted by Crippen LogP contribution is -2.37. The predicted molar refractivity (Wildman–Crippen MR) is 71.6 cm³/mol. The molecule has 0 saturated carbocycles. The van der Waals surface area contributed by atoms with Crippen LogP contribution in [0.1, 0.15) is 32.3 Å². The maximum absolute atomic E-state index is 6.02. The number of nitrogens with zero attached hydrogens (tertiary/aromatic N) is 1. The second kappa shape index (κ2) is 6.06. The van der Waals surface area contributed by atoms with Crippen LogP contribution in [0.25, 0.3) is 0 Å². The monoisotopic (exact) mass is 233 g/mol. The molecule has 0 unspecified atom stereocenters. The first-order chi connectivity index (χ1) is 8.31. The van der Waals surface area contributed by atoms with E-state index in [1.807, 2.05) is 0 Å². The highest BCUT2D eigenvalue weighted by Gasteiger charge is 2.19. The molecule has 1 heterocycles. The van der Waals surface area contributed by atoms with Gasteiger partial charge in [0.15, 0.2) is 0 Å². The van der Waals surface area contributed by atoms with Gasteiger partial charge in [-0.05, 0) is 43.5 Å². The molecule has 2 nitrogen and oxygen atoms in total. The molecule has 1 aliphatic rings. The third kappa shape index (κ3) is 3.47. The van der Waals surface area contributed by atoms with E-state index in [4.69, 9.17) is 4.74 Å². The van der Waals surface area contributed by atoms with E-state index in [2.05, 4.69) is 43.0 Å². The average molecular weight is 233 g/mol. The van der Waals surface area contributed by atoms with Crippen molar-refractivity contribution >= 4 is 0 Å². The number of rotatable bonds is 4. The van der Waals surface area contributed by atoms with E-state index in [1.165, 1.54) is 18.7 Å². The zero-order valence-corrected chi connectivity index (χ0v) is 11.0. The Bertz CT molecular complexity index is 325. The molecule has 0 radical (unpaired) electrons. The van der Waals surface area contributed by atoms with Gasteiger partial charge >= 0.3 is 0 Å². The van der Waals surface area contributed by atoms with Crippen molar-refractivity contribution in [2.45, 2.75) is 39.2 Å². The summed E-state index contributed by atoms with van der Waals surface area (Å²) in [5, 5.41) is 0. The van der Waals surface area contributed by atoms with Gasteiger partial charge in [0.05, 0.1) is 0 Å². The highest BCUT2D eigenvalue weighted by Crippen LogP contribution is 2.19. The largest absolute Gasteiger partial charge is 0.490 e.